The van der Waals surface area contributed by atoms with Gasteiger partial charge in [0.1, 0.15) is 0 Å². The van der Waals surface area contributed by atoms with Gasteiger partial charge in [0.25, 0.3) is 0 Å². The largest absolute Gasteiger partial charge is 0.288 e. The first-order valence-corrected chi connectivity index (χ1v) is 5.95. The summed E-state index contributed by atoms with van der Waals surface area (Å²) in [5, 5.41) is 4.02. The van der Waals surface area contributed by atoms with E-state index in [1.165, 1.54) is 19.3 Å². The average molecular weight is 200 g/mol. The Morgan fingerprint density at radius 2 is 2.38 bits per heavy atom. The molecule has 0 saturated carbocycles. The third-order valence-electron chi connectivity index (χ3n) is 2.41. The highest BCUT2D eigenvalue weighted by Gasteiger charge is 2.25. The van der Waals surface area contributed by atoms with Gasteiger partial charge in [-0.3, -0.25) is 5.32 Å². The highest BCUT2D eigenvalue weighted by molar-refractivity contribution is 7.98. The third kappa shape index (κ3) is 3.33. The van der Waals surface area contributed by atoms with Gasteiger partial charge in [-0.25, -0.2) is 4.72 Å². The van der Waals surface area contributed by atoms with E-state index in [-0.39, 0.29) is 0 Å². The molecule has 0 spiro atoms. The van der Waals surface area contributed by atoms with E-state index in [2.05, 4.69) is 36.5 Å². The molecule has 0 aromatic rings. The Morgan fingerprint density at radius 3 is 2.85 bits per heavy atom. The Bertz CT molecular complexity index is 161. The quantitative estimate of drug-likeness (QED) is 0.527. The van der Waals surface area contributed by atoms with E-state index in [1.807, 2.05) is 0 Å². The summed E-state index contributed by atoms with van der Waals surface area (Å²) in [7, 11) is 0. The van der Waals surface area contributed by atoms with Crippen molar-refractivity contribution in [3.63, 3.8) is 0 Å². The summed E-state index contributed by atoms with van der Waals surface area (Å²) in [4.78, 5) is 0. The van der Waals surface area contributed by atoms with Gasteiger partial charge in [-0.15, -0.1) is 6.58 Å². The van der Waals surface area contributed by atoms with Gasteiger partial charge >= 0.3 is 0 Å². The maximum absolute atomic E-state index is 3.89. The van der Waals surface area contributed by atoms with Crippen molar-refractivity contribution >= 4 is 11.9 Å². The molecular formula is C10H20N2S. The van der Waals surface area contributed by atoms with Crippen LogP contribution in [0.2, 0.25) is 0 Å². The molecule has 1 aliphatic rings. The summed E-state index contributed by atoms with van der Waals surface area (Å²) in [6.45, 7) is 8.30. The van der Waals surface area contributed by atoms with Crippen LogP contribution in [0.25, 0.3) is 0 Å². The zero-order valence-corrected chi connectivity index (χ0v) is 9.36. The van der Waals surface area contributed by atoms with Crippen LogP contribution in [-0.2, 0) is 0 Å². The molecule has 0 radical (unpaired) electrons. The fourth-order valence-corrected chi connectivity index (χ4v) is 2.38. The SMILES string of the molecule is C=C[C@@H](CCCC)[C@H]1NS[C@@H](C)N1. The summed E-state index contributed by atoms with van der Waals surface area (Å²) in [5.74, 6) is 0.567. The van der Waals surface area contributed by atoms with E-state index in [0.29, 0.717) is 17.5 Å². The number of hydrogen-bond donors (Lipinski definition) is 2. The molecule has 3 heteroatoms. The maximum atomic E-state index is 3.89. The van der Waals surface area contributed by atoms with Crippen molar-refractivity contribution in [2.24, 2.45) is 5.92 Å². The molecule has 0 amide bonds. The normalized spacial score (nSPS) is 30.3. The van der Waals surface area contributed by atoms with Gasteiger partial charge in [0.2, 0.25) is 0 Å². The van der Waals surface area contributed by atoms with Crippen LogP contribution in [0.1, 0.15) is 33.1 Å². The summed E-state index contributed by atoms with van der Waals surface area (Å²) in [6.07, 6.45) is 6.27. The molecule has 0 aliphatic carbocycles. The lowest BCUT2D eigenvalue weighted by atomic mass is 9.99. The summed E-state index contributed by atoms with van der Waals surface area (Å²) < 4.78 is 3.40. The Balaban J connectivity index is 2.33. The lowest BCUT2D eigenvalue weighted by molar-refractivity contribution is 0.389. The van der Waals surface area contributed by atoms with Crippen LogP contribution in [0.4, 0.5) is 0 Å². The Hall–Kier alpha value is 0.01000. The molecule has 1 aliphatic heterocycles. The number of hydrogen-bond acceptors (Lipinski definition) is 3. The molecule has 13 heavy (non-hydrogen) atoms. The van der Waals surface area contributed by atoms with Gasteiger partial charge < -0.3 is 0 Å². The predicted molar refractivity (Wildman–Crippen MR) is 60.3 cm³/mol. The van der Waals surface area contributed by atoms with Crippen LogP contribution in [0.15, 0.2) is 12.7 Å². The molecule has 1 rings (SSSR count). The molecule has 3 atom stereocenters. The minimum atomic E-state index is 0.420. The van der Waals surface area contributed by atoms with E-state index in [1.54, 1.807) is 11.9 Å². The molecule has 76 valence electrons. The van der Waals surface area contributed by atoms with Crippen molar-refractivity contribution in [1.82, 2.24) is 10.0 Å². The smallest absolute Gasteiger partial charge is 0.0739 e. The number of rotatable bonds is 5. The fourth-order valence-electron chi connectivity index (χ4n) is 1.57. The topological polar surface area (TPSA) is 24.1 Å². The molecule has 1 saturated heterocycles. The molecule has 0 bridgehead atoms. The summed E-state index contributed by atoms with van der Waals surface area (Å²) >= 11 is 1.77. The number of nitrogens with one attached hydrogen (secondary N) is 2. The van der Waals surface area contributed by atoms with Crippen molar-refractivity contribution < 1.29 is 0 Å². The fraction of sp³-hybridized carbons (Fsp3) is 0.800. The maximum Gasteiger partial charge on any atom is 0.0739 e. The second-order valence-electron chi connectivity index (χ2n) is 3.56. The van der Waals surface area contributed by atoms with E-state index >= 15 is 0 Å². The first-order valence-electron chi connectivity index (χ1n) is 5.07. The van der Waals surface area contributed by atoms with Gasteiger partial charge in [0.15, 0.2) is 0 Å². The minimum Gasteiger partial charge on any atom is -0.288 e. The summed E-state index contributed by atoms with van der Waals surface area (Å²) in [5.41, 5.74) is 0. The van der Waals surface area contributed by atoms with Crippen molar-refractivity contribution in [3.05, 3.63) is 12.7 Å². The van der Waals surface area contributed by atoms with Crippen molar-refractivity contribution in [3.8, 4) is 0 Å². The van der Waals surface area contributed by atoms with Crippen LogP contribution >= 0.6 is 11.9 Å². The van der Waals surface area contributed by atoms with E-state index < -0.39 is 0 Å². The minimum absolute atomic E-state index is 0.420. The molecule has 0 aromatic heterocycles. The third-order valence-corrected chi connectivity index (χ3v) is 3.29. The Kier molecular flexibility index (Phi) is 4.84. The molecular weight excluding hydrogens is 180 g/mol. The van der Waals surface area contributed by atoms with E-state index in [0.717, 1.165) is 0 Å². The first kappa shape index (κ1) is 11.1. The molecule has 0 unspecified atom stereocenters. The van der Waals surface area contributed by atoms with Gasteiger partial charge in [0.05, 0.1) is 11.5 Å². The van der Waals surface area contributed by atoms with Gasteiger partial charge in [0, 0.05) is 5.92 Å². The van der Waals surface area contributed by atoms with Crippen LogP contribution in [0, 0.1) is 5.92 Å². The monoisotopic (exact) mass is 200 g/mol. The molecule has 2 N–H and O–H groups in total. The van der Waals surface area contributed by atoms with Crippen LogP contribution in [-0.4, -0.2) is 11.5 Å². The lowest BCUT2D eigenvalue weighted by Crippen LogP contribution is -2.38. The lowest BCUT2D eigenvalue weighted by Gasteiger charge is -2.19. The second-order valence-corrected chi connectivity index (χ2v) is 4.74. The van der Waals surface area contributed by atoms with Crippen LogP contribution in [0.5, 0.6) is 0 Å². The molecule has 1 heterocycles. The van der Waals surface area contributed by atoms with Crippen molar-refractivity contribution in [2.75, 3.05) is 0 Å². The van der Waals surface area contributed by atoms with Gasteiger partial charge in [-0.1, -0.05) is 37.8 Å². The first-order chi connectivity index (χ1) is 6.27. The van der Waals surface area contributed by atoms with Crippen LogP contribution < -0.4 is 10.0 Å². The molecule has 0 aromatic carbocycles. The van der Waals surface area contributed by atoms with Crippen molar-refractivity contribution in [1.29, 1.82) is 0 Å². The zero-order chi connectivity index (χ0) is 9.68. The Morgan fingerprint density at radius 1 is 1.62 bits per heavy atom. The van der Waals surface area contributed by atoms with Crippen LogP contribution in [0.3, 0.4) is 0 Å². The average Bonchev–Trinajstić information content (AvgIpc) is 2.54. The number of unbranched alkanes of at least 4 members (excludes halogenated alkanes) is 1. The summed E-state index contributed by atoms with van der Waals surface area (Å²) in [6, 6.07) is 0. The molecule has 1 fully saturated rings. The van der Waals surface area contributed by atoms with Gasteiger partial charge in [-0.05, 0) is 13.3 Å². The Labute approximate surface area is 85.7 Å². The standard InChI is InChI=1S/C10H20N2S/c1-4-6-7-9(5-2)10-11-8(3)13-12-10/h5,8-12H,2,4,6-7H2,1,3H3/t8-,9-,10+/m0/s1. The highest BCUT2D eigenvalue weighted by atomic mass is 32.2. The highest BCUT2D eigenvalue weighted by Crippen LogP contribution is 2.21. The van der Waals surface area contributed by atoms with E-state index in [4.69, 9.17) is 0 Å². The predicted octanol–water partition coefficient (Wildman–Crippen LogP) is 2.49. The van der Waals surface area contributed by atoms with Crippen molar-refractivity contribution in [2.45, 2.75) is 44.6 Å². The molecule has 2 nitrogen and oxygen atoms in total. The van der Waals surface area contributed by atoms with E-state index in [9.17, 15) is 0 Å². The van der Waals surface area contributed by atoms with Gasteiger partial charge in [-0.2, -0.15) is 0 Å². The zero-order valence-electron chi connectivity index (χ0n) is 8.55. The second kappa shape index (κ2) is 5.68.